The molecule has 0 amide bonds. The van der Waals surface area contributed by atoms with E-state index >= 15 is 0 Å². The van der Waals surface area contributed by atoms with Crippen molar-refractivity contribution in [2.75, 3.05) is 0 Å². The molecule has 0 spiro atoms. The predicted octanol–water partition coefficient (Wildman–Crippen LogP) is 0.333. The van der Waals surface area contributed by atoms with Crippen LogP contribution < -0.4 is 5.43 Å². The Kier molecular flexibility index (Phi) is 1.18. The number of hydrogen-bond donors (Lipinski definition) is 1. The molecule has 1 radical (unpaired) electrons. The summed E-state index contributed by atoms with van der Waals surface area (Å²) in [7, 11) is 0. The van der Waals surface area contributed by atoms with Gasteiger partial charge in [-0.25, -0.2) is 0 Å². The van der Waals surface area contributed by atoms with Crippen LogP contribution in [0.1, 0.15) is 0 Å². The fourth-order valence-electron chi connectivity index (χ4n) is 0.215. The highest BCUT2D eigenvalue weighted by atomic mass is 15.5. The van der Waals surface area contributed by atoms with Gasteiger partial charge in [0.2, 0.25) is 0 Å². The zero-order chi connectivity index (χ0) is 4.95. The Hall–Kier alpha value is -1.19. The SMILES string of the molecule is [C]1=NN=NNC=C1. The number of rotatable bonds is 0. The molecule has 0 aliphatic carbocycles. The Balaban J connectivity index is 2.60. The second-order valence-corrected chi connectivity index (χ2v) is 0.881. The highest BCUT2D eigenvalue weighted by molar-refractivity contribution is 5.70. The molecule has 4 nitrogen and oxygen atoms in total. The van der Waals surface area contributed by atoms with E-state index in [2.05, 4.69) is 27.2 Å². The fraction of sp³-hybridized carbons (Fsp3) is 0. The maximum absolute atomic E-state index is 3.33. The largest absolute Gasteiger partial charge is 0.266 e. The summed E-state index contributed by atoms with van der Waals surface area (Å²) in [5.74, 6) is 0. The van der Waals surface area contributed by atoms with E-state index in [9.17, 15) is 0 Å². The smallest absolute Gasteiger partial charge is 0.117 e. The van der Waals surface area contributed by atoms with Gasteiger partial charge in [-0.2, -0.15) is 0 Å². The van der Waals surface area contributed by atoms with E-state index in [-0.39, 0.29) is 0 Å². The molecule has 0 fully saturated rings. The molecular weight excluding hydrogens is 92.1 g/mol. The molecule has 1 aliphatic heterocycles. The van der Waals surface area contributed by atoms with E-state index in [0.29, 0.717) is 0 Å². The minimum Gasteiger partial charge on any atom is -0.266 e. The summed E-state index contributed by atoms with van der Waals surface area (Å²) in [5.41, 5.74) is 2.47. The quantitative estimate of drug-likeness (QED) is 0.463. The molecule has 0 atom stereocenters. The number of allylic oxidation sites excluding steroid dienone is 1. The lowest BCUT2D eigenvalue weighted by Crippen LogP contribution is -1.87. The molecule has 0 aromatic heterocycles. The number of hydrogen-bond acceptors (Lipinski definition) is 4. The molecule has 0 saturated carbocycles. The van der Waals surface area contributed by atoms with Crippen molar-refractivity contribution in [3.8, 4) is 0 Å². The molecule has 7 heavy (non-hydrogen) atoms. The van der Waals surface area contributed by atoms with Gasteiger partial charge in [0.1, 0.15) is 6.21 Å². The minimum atomic E-state index is 1.58. The first-order valence-corrected chi connectivity index (χ1v) is 1.76. The van der Waals surface area contributed by atoms with Crippen LogP contribution >= 0.6 is 0 Å². The normalized spacial score (nSPS) is 16.0. The average molecular weight is 95.1 g/mol. The van der Waals surface area contributed by atoms with E-state index in [4.69, 9.17) is 0 Å². The van der Waals surface area contributed by atoms with Crippen LogP contribution in [0.4, 0.5) is 0 Å². The van der Waals surface area contributed by atoms with Gasteiger partial charge < -0.3 is 0 Å². The van der Waals surface area contributed by atoms with Crippen LogP contribution in [-0.2, 0) is 0 Å². The van der Waals surface area contributed by atoms with Crippen molar-refractivity contribution < 1.29 is 0 Å². The topological polar surface area (TPSA) is 49.1 Å². The van der Waals surface area contributed by atoms with Crippen molar-refractivity contribution >= 4 is 6.21 Å². The Morgan fingerprint density at radius 2 is 2.57 bits per heavy atom. The van der Waals surface area contributed by atoms with Crippen molar-refractivity contribution in [3.05, 3.63) is 12.3 Å². The van der Waals surface area contributed by atoms with Gasteiger partial charge in [0.05, 0.1) is 0 Å². The predicted molar refractivity (Wildman–Crippen MR) is 24.6 cm³/mol. The van der Waals surface area contributed by atoms with Crippen LogP contribution in [0.5, 0.6) is 0 Å². The third kappa shape index (κ3) is 1.13. The van der Waals surface area contributed by atoms with Crippen molar-refractivity contribution in [3.63, 3.8) is 0 Å². The third-order valence-corrected chi connectivity index (χ3v) is 0.437. The van der Waals surface area contributed by atoms with E-state index in [1.165, 1.54) is 0 Å². The monoisotopic (exact) mass is 95.0 g/mol. The summed E-state index contributed by atoms with van der Waals surface area (Å²) in [6.07, 6.45) is 5.64. The summed E-state index contributed by atoms with van der Waals surface area (Å²) in [6, 6.07) is 0. The Morgan fingerprint density at radius 1 is 1.57 bits per heavy atom. The second-order valence-electron chi connectivity index (χ2n) is 0.881. The second kappa shape index (κ2) is 2.07. The Bertz CT molecular complexity index is 109. The lowest BCUT2D eigenvalue weighted by Gasteiger charge is -1.75. The van der Waals surface area contributed by atoms with Gasteiger partial charge in [-0.05, 0) is 16.5 Å². The fourth-order valence-corrected chi connectivity index (χ4v) is 0.215. The van der Waals surface area contributed by atoms with Crippen LogP contribution in [0.3, 0.4) is 0 Å². The summed E-state index contributed by atoms with van der Waals surface area (Å²) in [6.45, 7) is 0. The van der Waals surface area contributed by atoms with Gasteiger partial charge in [0, 0.05) is 6.20 Å². The molecule has 0 saturated heterocycles. The highest BCUT2D eigenvalue weighted by Crippen LogP contribution is 1.76. The average Bonchev–Trinajstić information content (AvgIpc) is 1.90. The molecule has 4 heteroatoms. The van der Waals surface area contributed by atoms with Crippen LogP contribution in [0.25, 0.3) is 0 Å². The van der Waals surface area contributed by atoms with Gasteiger partial charge in [-0.15, -0.1) is 5.10 Å². The molecule has 0 aromatic carbocycles. The van der Waals surface area contributed by atoms with Crippen molar-refractivity contribution in [2.24, 2.45) is 15.5 Å². The maximum atomic E-state index is 3.33. The van der Waals surface area contributed by atoms with Crippen molar-refractivity contribution in [1.29, 1.82) is 0 Å². The molecule has 0 bridgehead atoms. The van der Waals surface area contributed by atoms with E-state index in [1.54, 1.807) is 12.3 Å². The van der Waals surface area contributed by atoms with Gasteiger partial charge >= 0.3 is 0 Å². The summed E-state index contributed by atoms with van der Waals surface area (Å²) in [4.78, 5) is 0. The maximum Gasteiger partial charge on any atom is 0.117 e. The van der Waals surface area contributed by atoms with Crippen molar-refractivity contribution in [1.82, 2.24) is 5.43 Å². The Morgan fingerprint density at radius 3 is 3.57 bits per heavy atom. The van der Waals surface area contributed by atoms with Gasteiger partial charge in [-0.3, -0.25) is 5.43 Å². The molecule has 1 aliphatic rings. The van der Waals surface area contributed by atoms with Crippen LogP contribution in [-0.4, -0.2) is 6.21 Å². The highest BCUT2D eigenvalue weighted by Gasteiger charge is 1.71. The summed E-state index contributed by atoms with van der Waals surface area (Å²) < 4.78 is 0. The molecule has 1 rings (SSSR count). The zero-order valence-corrected chi connectivity index (χ0v) is 3.50. The molecule has 1 heterocycles. The van der Waals surface area contributed by atoms with Crippen LogP contribution in [0.2, 0.25) is 0 Å². The lowest BCUT2D eigenvalue weighted by atomic mass is 10.7. The van der Waals surface area contributed by atoms with Gasteiger partial charge in [0.15, 0.2) is 0 Å². The molecular formula is C3H3N4. The molecule has 0 unspecified atom stereocenters. The molecule has 1 N–H and O–H groups in total. The number of nitrogens with zero attached hydrogens (tertiary/aromatic N) is 3. The number of nitrogens with one attached hydrogen (secondary N) is 1. The van der Waals surface area contributed by atoms with E-state index in [0.717, 1.165) is 0 Å². The Labute approximate surface area is 40.6 Å². The van der Waals surface area contributed by atoms with E-state index in [1.807, 2.05) is 0 Å². The molecule has 35 valence electrons. The third-order valence-electron chi connectivity index (χ3n) is 0.437. The van der Waals surface area contributed by atoms with Crippen LogP contribution in [0.15, 0.2) is 27.8 Å². The first kappa shape index (κ1) is 3.98. The summed E-state index contributed by atoms with van der Waals surface area (Å²) >= 11 is 0. The van der Waals surface area contributed by atoms with Gasteiger partial charge in [0.25, 0.3) is 0 Å². The summed E-state index contributed by atoms with van der Waals surface area (Å²) in [5, 5.41) is 9.90. The first-order chi connectivity index (χ1) is 3.50. The lowest BCUT2D eigenvalue weighted by molar-refractivity contribution is 0.834. The zero-order valence-electron chi connectivity index (χ0n) is 3.50. The molecule has 0 aromatic rings. The minimum absolute atomic E-state index is 1.58. The first-order valence-electron chi connectivity index (χ1n) is 1.76. The van der Waals surface area contributed by atoms with Crippen LogP contribution in [0, 0.1) is 0 Å². The standard InChI is InChI=1S/C3H3N4/c1-2-4-6-7-5-3-1/h1-2H,(H,4,7). The van der Waals surface area contributed by atoms with Gasteiger partial charge in [-0.1, -0.05) is 0 Å². The van der Waals surface area contributed by atoms with E-state index < -0.39 is 0 Å². The van der Waals surface area contributed by atoms with Crippen molar-refractivity contribution in [2.45, 2.75) is 0 Å².